The number of hydrogen-bond donors (Lipinski definition) is 1. The average Bonchev–Trinajstić information content (AvgIpc) is 2.66. The minimum absolute atomic E-state index is 0.0206. The third-order valence-corrected chi connectivity index (χ3v) is 3.71. The molecule has 0 saturated heterocycles. The summed E-state index contributed by atoms with van der Waals surface area (Å²) in [6.45, 7) is 1.66. The van der Waals surface area contributed by atoms with E-state index in [9.17, 15) is 18.8 Å². The zero-order valence-electron chi connectivity index (χ0n) is 14.4. The second kappa shape index (κ2) is 9.46. The Morgan fingerprint density at radius 3 is 2.31 bits per heavy atom. The van der Waals surface area contributed by atoms with E-state index in [1.54, 1.807) is 42.5 Å². The van der Waals surface area contributed by atoms with Gasteiger partial charge in [0.25, 0.3) is 5.91 Å². The fraction of sp³-hybridized carbons (Fsp3) is 0.250. The molecule has 1 N–H and O–H groups in total. The van der Waals surface area contributed by atoms with Gasteiger partial charge in [0.1, 0.15) is 5.82 Å². The molecule has 136 valence electrons. The van der Waals surface area contributed by atoms with Crippen LogP contribution in [0.3, 0.4) is 0 Å². The van der Waals surface area contributed by atoms with Crippen LogP contribution in [0.25, 0.3) is 0 Å². The zero-order valence-corrected chi connectivity index (χ0v) is 14.4. The van der Waals surface area contributed by atoms with Crippen molar-refractivity contribution in [2.45, 2.75) is 32.4 Å². The van der Waals surface area contributed by atoms with Gasteiger partial charge in [-0.2, -0.15) is 0 Å². The summed E-state index contributed by atoms with van der Waals surface area (Å²) in [6.07, 6.45) is -1.05. The third-order valence-electron chi connectivity index (χ3n) is 3.71. The van der Waals surface area contributed by atoms with Gasteiger partial charge in [-0.25, -0.2) is 4.39 Å². The molecule has 0 bridgehead atoms. The number of ketones is 1. The van der Waals surface area contributed by atoms with Crippen LogP contribution in [0.2, 0.25) is 0 Å². The number of benzene rings is 2. The lowest BCUT2D eigenvalue weighted by Gasteiger charge is -2.13. The van der Waals surface area contributed by atoms with Gasteiger partial charge in [0.15, 0.2) is 11.9 Å². The third kappa shape index (κ3) is 6.12. The Labute approximate surface area is 151 Å². The smallest absolute Gasteiger partial charge is 0.307 e. The molecule has 0 radical (unpaired) electrons. The van der Waals surface area contributed by atoms with E-state index < -0.39 is 18.0 Å². The van der Waals surface area contributed by atoms with Gasteiger partial charge in [-0.15, -0.1) is 0 Å². The Morgan fingerprint density at radius 1 is 1.00 bits per heavy atom. The summed E-state index contributed by atoms with van der Waals surface area (Å²) in [4.78, 5) is 35.7. The number of hydrogen-bond acceptors (Lipinski definition) is 4. The molecule has 0 aliphatic heterocycles. The van der Waals surface area contributed by atoms with E-state index in [1.165, 1.54) is 19.1 Å². The number of rotatable bonds is 8. The molecule has 2 aromatic carbocycles. The number of amides is 1. The topological polar surface area (TPSA) is 72.5 Å². The Bertz CT molecular complexity index is 759. The summed E-state index contributed by atoms with van der Waals surface area (Å²) in [7, 11) is 0. The summed E-state index contributed by atoms with van der Waals surface area (Å²) in [6, 6.07) is 14.4. The molecule has 2 aromatic rings. The van der Waals surface area contributed by atoms with Gasteiger partial charge in [0.2, 0.25) is 0 Å². The number of carbonyl (C=O) groups is 3. The van der Waals surface area contributed by atoms with Crippen molar-refractivity contribution in [3.05, 3.63) is 71.5 Å². The number of halogens is 1. The SMILES string of the molecule is C[C@H](OC(=O)CCC(=O)c1ccccc1)C(=O)NCc1ccc(F)cc1. The number of carbonyl (C=O) groups excluding carboxylic acids is 3. The second-order valence-corrected chi connectivity index (χ2v) is 5.77. The summed E-state index contributed by atoms with van der Waals surface area (Å²) in [5.74, 6) is -1.58. The van der Waals surface area contributed by atoms with Gasteiger partial charge < -0.3 is 10.1 Å². The molecule has 0 saturated carbocycles. The van der Waals surface area contributed by atoms with Gasteiger partial charge in [-0.3, -0.25) is 14.4 Å². The minimum atomic E-state index is -0.977. The fourth-order valence-electron chi connectivity index (χ4n) is 2.23. The zero-order chi connectivity index (χ0) is 18.9. The van der Waals surface area contributed by atoms with Crippen LogP contribution in [-0.2, 0) is 20.9 Å². The molecule has 5 nitrogen and oxygen atoms in total. The quantitative estimate of drug-likeness (QED) is 0.582. The van der Waals surface area contributed by atoms with Crippen molar-refractivity contribution in [1.29, 1.82) is 0 Å². The van der Waals surface area contributed by atoms with Crippen LogP contribution in [-0.4, -0.2) is 23.8 Å². The molecule has 1 atom stereocenters. The van der Waals surface area contributed by atoms with Crippen LogP contribution < -0.4 is 5.32 Å². The van der Waals surface area contributed by atoms with Crippen molar-refractivity contribution in [1.82, 2.24) is 5.32 Å². The summed E-state index contributed by atoms with van der Waals surface area (Å²) in [5.41, 5.74) is 1.26. The number of Topliss-reactive ketones (excluding diaryl/α,β-unsaturated/α-hetero) is 1. The lowest BCUT2D eigenvalue weighted by Crippen LogP contribution is -2.35. The molecule has 0 spiro atoms. The average molecular weight is 357 g/mol. The molecule has 0 aliphatic rings. The number of ether oxygens (including phenoxy) is 1. The molecule has 0 aromatic heterocycles. The van der Waals surface area contributed by atoms with E-state index in [-0.39, 0.29) is 31.0 Å². The van der Waals surface area contributed by atoms with Crippen molar-refractivity contribution in [3.63, 3.8) is 0 Å². The van der Waals surface area contributed by atoms with E-state index in [4.69, 9.17) is 4.74 Å². The van der Waals surface area contributed by atoms with Crippen LogP contribution in [0.5, 0.6) is 0 Å². The van der Waals surface area contributed by atoms with Gasteiger partial charge in [-0.1, -0.05) is 42.5 Å². The molecule has 26 heavy (non-hydrogen) atoms. The molecular formula is C20H20FNO4. The molecule has 0 aliphatic carbocycles. The van der Waals surface area contributed by atoms with Crippen molar-refractivity contribution < 1.29 is 23.5 Å². The maximum absolute atomic E-state index is 12.8. The Balaban J connectivity index is 1.72. The normalized spacial score (nSPS) is 11.5. The molecule has 0 fully saturated rings. The minimum Gasteiger partial charge on any atom is -0.453 e. The van der Waals surface area contributed by atoms with E-state index in [0.29, 0.717) is 5.56 Å². The second-order valence-electron chi connectivity index (χ2n) is 5.77. The molecule has 0 unspecified atom stereocenters. The van der Waals surface area contributed by atoms with Crippen molar-refractivity contribution in [2.75, 3.05) is 0 Å². The maximum atomic E-state index is 12.8. The van der Waals surface area contributed by atoms with Gasteiger partial charge in [0, 0.05) is 18.5 Å². The lowest BCUT2D eigenvalue weighted by molar-refractivity contribution is -0.154. The first-order chi connectivity index (χ1) is 12.5. The van der Waals surface area contributed by atoms with Crippen LogP contribution >= 0.6 is 0 Å². The van der Waals surface area contributed by atoms with E-state index in [1.807, 2.05) is 0 Å². The van der Waals surface area contributed by atoms with Gasteiger partial charge in [-0.05, 0) is 24.6 Å². The highest BCUT2D eigenvalue weighted by Crippen LogP contribution is 2.07. The predicted molar refractivity (Wildman–Crippen MR) is 93.8 cm³/mol. The van der Waals surface area contributed by atoms with Crippen LogP contribution in [0.4, 0.5) is 4.39 Å². The first-order valence-electron chi connectivity index (χ1n) is 8.25. The molecular weight excluding hydrogens is 337 g/mol. The first kappa shape index (κ1) is 19.3. The van der Waals surface area contributed by atoms with E-state index in [2.05, 4.69) is 5.32 Å². The molecule has 1 amide bonds. The predicted octanol–water partition coefficient (Wildman–Crippen LogP) is 3.04. The van der Waals surface area contributed by atoms with Gasteiger partial charge >= 0.3 is 5.97 Å². The van der Waals surface area contributed by atoms with Gasteiger partial charge in [0.05, 0.1) is 6.42 Å². The first-order valence-corrected chi connectivity index (χ1v) is 8.25. The highest BCUT2D eigenvalue weighted by atomic mass is 19.1. The molecule has 2 rings (SSSR count). The highest BCUT2D eigenvalue weighted by molar-refractivity contribution is 5.97. The van der Waals surface area contributed by atoms with Crippen LogP contribution in [0.1, 0.15) is 35.7 Å². The van der Waals surface area contributed by atoms with E-state index >= 15 is 0 Å². The van der Waals surface area contributed by atoms with Crippen LogP contribution in [0, 0.1) is 5.82 Å². The van der Waals surface area contributed by atoms with Crippen LogP contribution in [0.15, 0.2) is 54.6 Å². The summed E-state index contributed by atoms with van der Waals surface area (Å²) in [5, 5.41) is 2.61. The monoisotopic (exact) mass is 357 g/mol. The molecule has 6 heteroatoms. The largest absolute Gasteiger partial charge is 0.453 e. The summed E-state index contributed by atoms with van der Waals surface area (Å²) >= 11 is 0. The van der Waals surface area contributed by atoms with Crippen molar-refractivity contribution >= 4 is 17.7 Å². The Morgan fingerprint density at radius 2 is 1.65 bits per heavy atom. The Hall–Kier alpha value is -3.02. The summed E-state index contributed by atoms with van der Waals surface area (Å²) < 4.78 is 17.9. The fourth-order valence-corrected chi connectivity index (χ4v) is 2.23. The lowest BCUT2D eigenvalue weighted by atomic mass is 10.1. The highest BCUT2D eigenvalue weighted by Gasteiger charge is 2.18. The standard InChI is InChI=1S/C20H20FNO4/c1-14(20(25)22-13-15-7-9-17(21)10-8-15)26-19(24)12-11-18(23)16-5-3-2-4-6-16/h2-10,14H,11-13H2,1H3,(H,22,25)/t14-/m0/s1. The van der Waals surface area contributed by atoms with Crippen molar-refractivity contribution in [2.24, 2.45) is 0 Å². The van der Waals surface area contributed by atoms with Crippen molar-refractivity contribution in [3.8, 4) is 0 Å². The molecule has 0 heterocycles. The Kier molecular flexibility index (Phi) is 7.02. The number of esters is 1. The maximum Gasteiger partial charge on any atom is 0.307 e. The van der Waals surface area contributed by atoms with E-state index in [0.717, 1.165) is 5.56 Å². The number of nitrogens with one attached hydrogen (secondary N) is 1.